The molecule has 0 fully saturated rings. The van der Waals surface area contributed by atoms with E-state index in [0.29, 0.717) is 6.67 Å². The minimum atomic E-state index is 0. The molecule has 0 bridgehead atoms. The number of rotatable bonds is 0. The Hall–Kier alpha value is -0.438. The third-order valence-corrected chi connectivity index (χ3v) is 3.86. The zero-order chi connectivity index (χ0) is 18.8. The van der Waals surface area contributed by atoms with E-state index >= 15 is 0 Å². The van der Waals surface area contributed by atoms with Gasteiger partial charge in [0, 0.05) is 26.6 Å². The molecule has 4 rings (SSSR count). The third-order valence-electron chi connectivity index (χ3n) is 3.86. The number of hydrogen-bond donors (Lipinski definition) is 0. The molecule has 2 aromatic rings. The molecule has 160 valence electrons. The molecule has 1 aromatic carbocycles. The van der Waals surface area contributed by atoms with Crippen molar-refractivity contribution in [1.82, 2.24) is 14.7 Å². The number of carbonyl (C=O) groups is 1. The summed E-state index contributed by atoms with van der Waals surface area (Å²) in [5.41, 5.74) is 4.16. The molecule has 0 spiro atoms. The van der Waals surface area contributed by atoms with E-state index in [4.69, 9.17) is 0 Å². The van der Waals surface area contributed by atoms with Gasteiger partial charge in [0.2, 0.25) is 5.91 Å². The summed E-state index contributed by atoms with van der Waals surface area (Å²) in [4.78, 5) is 13.2. The van der Waals surface area contributed by atoms with Crippen molar-refractivity contribution in [3.63, 3.8) is 0 Å². The SMILES string of the molecule is CC.CC.[CH2-]N1Cn2nc3c(c2C1=O)CCCC3.[CH2-]c1ccccc1.[CH3-].[CH3-].[W].[Y+3]. The zero-order valence-corrected chi connectivity index (χ0v) is 24.8. The fraction of sp³-hybridized carbons (Fsp3) is 0.391. The minimum absolute atomic E-state index is 0. The first kappa shape index (κ1) is 36.0. The molecule has 2 heterocycles. The third kappa shape index (κ3) is 9.94. The number of amides is 1. The Kier molecular flexibility index (Phi) is 24.2. The number of carbonyl (C=O) groups excluding carboxylic acids is 1. The maximum Gasteiger partial charge on any atom is 3.00 e. The largest absolute Gasteiger partial charge is 3.00 e. The monoisotopic (exact) mass is 644 g/mol. The summed E-state index contributed by atoms with van der Waals surface area (Å²) in [5.74, 6) is 0.0284. The van der Waals surface area contributed by atoms with Crippen molar-refractivity contribution >= 4 is 5.91 Å². The molecule has 1 aliphatic heterocycles. The van der Waals surface area contributed by atoms with Crippen LogP contribution in [-0.4, -0.2) is 20.6 Å². The van der Waals surface area contributed by atoms with E-state index in [2.05, 4.69) is 19.1 Å². The molecule has 4 nitrogen and oxygen atoms in total. The van der Waals surface area contributed by atoms with Gasteiger partial charge >= 0.3 is 32.7 Å². The average molecular weight is 644 g/mol. The Morgan fingerprint density at radius 3 is 1.97 bits per heavy atom. The summed E-state index contributed by atoms with van der Waals surface area (Å²) in [7, 11) is 3.68. The van der Waals surface area contributed by atoms with Crippen LogP contribution in [0.2, 0.25) is 0 Å². The van der Waals surface area contributed by atoms with Gasteiger partial charge in [-0.25, -0.2) is 4.68 Å². The first-order chi connectivity index (χ1) is 12.2. The fourth-order valence-corrected chi connectivity index (χ4v) is 2.80. The van der Waals surface area contributed by atoms with Crippen LogP contribution in [0.1, 0.15) is 67.8 Å². The standard InChI is InChI=1S/C10H12N3O.C7H7.2C2H6.2CH3.W.Y/c1-12-6-13-9(10(12)14)7-4-2-3-5-8(7)11-13;1-7-5-3-2-4-6-7;2*1-2;;;;/h1-6H2;2-6H,1H2;2*1-2H3;2*1H3;;/q2*-1;;;2*-1;;+3. The van der Waals surface area contributed by atoms with Gasteiger partial charge in [-0.05, 0) is 25.7 Å². The first-order valence-corrected chi connectivity index (χ1v) is 9.24. The minimum Gasteiger partial charge on any atom is -0.473 e. The Labute approximate surface area is 219 Å². The van der Waals surface area contributed by atoms with Gasteiger partial charge in [-0.2, -0.15) is 29.7 Å². The Morgan fingerprint density at radius 1 is 0.966 bits per heavy atom. The smallest absolute Gasteiger partial charge is 0.473 e. The summed E-state index contributed by atoms with van der Waals surface area (Å²) in [6.45, 7) is 12.2. The van der Waals surface area contributed by atoms with Crippen LogP contribution in [0.4, 0.5) is 0 Å². The predicted molar refractivity (Wildman–Crippen MR) is 117 cm³/mol. The number of nitrogens with zero attached hydrogens (tertiary/aromatic N) is 3. The van der Waals surface area contributed by atoms with E-state index < -0.39 is 0 Å². The van der Waals surface area contributed by atoms with E-state index in [1.54, 1.807) is 4.68 Å². The maximum atomic E-state index is 11.7. The summed E-state index contributed by atoms with van der Waals surface area (Å²) in [5, 5.41) is 4.45. The van der Waals surface area contributed by atoms with Crippen molar-refractivity contribution < 1.29 is 58.6 Å². The number of hydrogen-bond acceptors (Lipinski definition) is 2. The first-order valence-electron chi connectivity index (χ1n) is 9.24. The summed E-state index contributed by atoms with van der Waals surface area (Å²) < 4.78 is 1.80. The Balaban J connectivity index is -0.000000182. The Bertz CT molecular complexity index is 660. The zero-order valence-electron chi connectivity index (χ0n) is 19.1. The van der Waals surface area contributed by atoms with E-state index in [-0.39, 0.29) is 74.5 Å². The molecular formula is C23H37N3OWY-. The van der Waals surface area contributed by atoms with Crippen LogP contribution in [0, 0.1) is 28.8 Å². The second-order valence-corrected chi connectivity index (χ2v) is 5.45. The van der Waals surface area contributed by atoms with Crippen molar-refractivity contribution in [2.45, 2.75) is 60.0 Å². The summed E-state index contributed by atoms with van der Waals surface area (Å²) in [6, 6.07) is 9.87. The van der Waals surface area contributed by atoms with Crippen molar-refractivity contribution in [3.8, 4) is 0 Å². The van der Waals surface area contributed by atoms with Crippen molar-refractivity contribution in [3.05, 3.63) is 81.7 Å². The molecule has 1 amide bonds. The van der Waals surface area contributed by atoms with Gasteiger partial charge in [0.05, 0.1) is 12.4 Å². The molecule has 0 N–H and O–H groups in total. The van der Waals surface area contributed by atoms with E-state index in [1.165, 1.54) is 23.3 Å². The van der Waals surface area contributed by atoms with Crippen LogP contribution in [-0.2, 0) is 73.3 Å². The molecule has 1 aromatic heterocycles. The predicted octanol–water partition coefficient (Wildman–Crippen LogP) is 5.78. The molecule has 29 heavy (non-hydrogen) atoms. The second kappa shape index (κ2) is 19.5. The summed E-state index contributed by atoms with van der Waals surface area (Å²) in [6.07, 6.45) is 4.41. The topological polar surface area (TPSA) is 38.1 Å². The Morgan fingerprint density at radius 2 is 1.48 bits per heavy atom. The van der Waals surface area contributed by atoms with Gasteiger partial charge < -0.3 is 19.8 Å². The van der Waals surface area contributed by atoms with E-state index in [1.807, 2.05) is 58.0 Å². The molecule has 0 atom stereocenters. The van der Waals surface area contributed by atoms with Crippen molar-refractivity contribution in [2.75, 3.05) is 0 Å². The normalized spacial score (nSPS) is 12.0. The number of benzene rings is 1. The van der Waals surface area contributed by atoms with Crippen LogP contribution in [0.5, 0.6) is 0 Å². The van der Waals surface area contributed by atoms with Crippen molar-refractivity contribution in [1.29, 1.82) is 0 Å². The average Bonchev–Trinajstić information content (AvgIpc) is 3.16. The molecular weight excluding hydrogens is 607 g/mol. The summed E-state index contributed by atoms with van der Waals surface area (Å²) >= 11 is 0. The molecule has 1 aliphatic carbocycles. The molecule has 0 saturated heterocycles. The van der Waals surface area contributed by atoms with Crippen molar-refractivity contribution in [2.24, 2.45) is 0 Å². The second-order valence-electron chi connectivity index (χ2n) is 5.45. The molecule has 0 saturated carbocycles. The molecule has 6 heteroatoms. The van der Waals surface area contributed by atoms with E-state index in [9.17, 15) is 4.79 Å². The van der Waals surface area contributed by atoms with Gasteiger partial charge in [0.15, 0.2) is 0 Å². The quantitative estimate of drug-likeness (QED) is 0.341. The van der Waals surface area contributed by atoms with Gasteiger partial charge in [-0.3, -0.25) is 11.8 Å². The molecule has 0 radical (unpaired) electrons. The molecule has 2 aliphatic rings. The number of aromatic nitrogens is 2. The molecule has 0 unspecified atom stereocenters. The number of fused-ring (bicyclic) bond motifs is 3. The van der Waals surface area contributed by atoms with Gasteiger partial charge in [-0.15, -0.1) is 12.1 Å². The van der Waals surface area contributed by atoms with Crippen LogP contribution in [0.15, 0.2) is 30.3 Å². The fourth-order valence-electron chi connectivity index (χ4n) is 2.80. The van der Waals surface area contributed by atoms with E-state index in [0.717, 1.165) is 29.8 Å². The van der Waals surface area contributed by atoms with Crippen LogP contribution < -0.4 is 0 Å². The maximum absolute atomic E-state index is 11.7. The van der Waals surface area contributed by atoms with Crippen LogP contribution >= 0.6 is 0 Å². The van der Waals surface area contributed by atoms with Gasteiger partial charge in [0.25, 0.3) is 0 Å². The van der Waals surface area contributed by atoms with Crippen LogP contribution in [0.25, 0.3) is 0 Å². The van der Waals surface area contributed by atoms with Gasteiger partial charge in [-0.1, -0.05) is 33.8 Å². The van der Waals surface area contributed by atoms with Crippen LogP contribution in [0.3, 0.4) is 0 Å². The number of aryl methyl sites for hydroxylation is 1. The van der Waals surface area contributed by atoms with Gasteiger partial charge in [0.1, 0.15) is 5.69 Å².